The first-order valence-electron chi connectivity index (χ1n) is 7.82. The molecule has 3 nitrogen and oxygen atoms in total. The van der Waals surface area contributed by atoms with Gasteiger partial charge in [0, 0.05) is 0 Å². The highest BCUT2D eigenvalue weighted by Crippen LogP contribution is 2.25. The van der Waals surface area contributed by atoms with Gasteiger partial charge in [0.2, 0.25) is 0 Å². The minimum Gasteiger partial charge on any atom is -0.490 e. The topological polar surface area (TPSA) is 35.5 Å². The molecule has 0 bridgehead atoms. The summed E-state index contributed by atoms with van der Waals surface area (Å²) >= 11 is 0. The number of hydrogen-bond donors (Lipinski definition) is 0. The van der Waals surface area contributed by atoms with Crippen molar-refractivity contribution in [2.24, 2.45) is 0 Å². The molecule has 3 aromatic rings. The number of ether oxygens (including phenoxy) is 2. The average Bonchev–Trinajstić information content (AvgIpc) is 2.67. The summed E-state index contributed by atoms with van der Waals surface area (Å²) in [7, 11) is 0. The van der Waals surface area contributed by atoms with Crippen molar-refractivity contribution in [2.45, 2.75) is 0 Å². The van der Waals surface area contributed by atoms with E-state index in [2.05, 4.69) is 0 Å². The molecule has 0 saturated heterocycles. The predicted molar refractivity (Wildman–Crippen MR) is 94.7 cm³/mol. The van der Waals surface area contributed by atoms with Gasteiger partial charge in [-0.2, -0.15) is 0 Å². The van der Waals surface area contributed by atoms with Gasteiger partial charge in [-0.3, -0.25) is 4.79 Å². The Morgan fingerprint density at radius 2 is 1.38 bits per heavy atom. The van der Waals surface area contributed by atoms with E-state index in [0.29, 0.717) is 24.5 Å². The van der Waals surface area contributed by atoms with Crippen molar-refractivity contribution in [3.8, 4) is 22.6 Å². The smallest absolute Gasteiger partial charge is 0.153 e. The summed E-state index contributed by atoms with van der Waals surface area (Å²) in [5.74, 6) is 1.37. The maximum absolute atomic E-state index is 11.4. The van der Waals surface area contributed by atoms with Gasteiger partial charge in [-0.1, -0.05) is 54.6 Å². The van der Waals surface area contributed by atoms with Crippen LogP contribution in [0.2, 0.25) is 0 Å². The van der Waals surface area contributed by atoms with E-state index in [4.69, 9.17) is 9.47 Å². The maximum atomic E-state index is 11.4. The van der Waals surface area contributed by atoms with E-state index < -0.39 is 0 Å². The van der Waals surface area contributed by atoms with E-state index in [1.807, 2.05) is 78.9 Å². The fourth-order valence-electron chi connectivity index (χ4n) is 2.41. The van der Waals surface area contributed by atoms with E-state index in [9.17, 15) is 4.79 Å². The molecule has 24 heavy (non-hydrogen) atoms. The summed E-state index contributed by atoms with van der Waals surface area (Å²) in [4.78, 5) is 11.4. The van der Waals surface area contributed by atoms with Gasteiger partial charge in [0.25, 0.3) is 0 Å². The molecule has 0 atom stereocenters. The second kappa shape index (κ2) is 7.97. The van der Waals surface area contributed by atoms with E-state index in [1.165, 1.54) is 0 Å². The molecule has 0 radical (unpaired) electrons. The minimum atomic E-state index is 0.375. The monoisotopic (exact) mass is 318 g/mol. The van der Waals surface area contributed by atoms with Gasteiger partial charge in [0.1, 0.15) is 24.7 Å². The fraction of sp³-hybridized carbons (Fsp3) is 0.0952. The molecule has 0 aliphatic rings. The van der Waals surface area contributed by atoms with Crippen LogP contribution >= 0.6 is 0 Å². The molecule has 120 valence electrons. The molecule has 0 saturated carbocycles. The van der Waals surface area contributed by atoms with Crippen molar-refractivity contribution in [3.63, 3.8) is 0 Å². The summed E-state index contributed by atoms with van der Waals surface area (Å²) in [6, 6.07) is 25.1. The Bertz CT molecular complexity index is 783. The molecular weight excluding hydrogens is 300 g/mol. The first kappa shape index (κ1) is 15.8. The number of hydrogen-bond acceptors (Lipinski definition) is 3. The molecule has 0 N–H and O–H groups in total. The Morgan fingerprint density at radius 3 is 2.08 bits per heavy atom. The van der Waals surface area contributed by atoms with Crippen LogP contribution in [0.15, 0.2) is 78.9 Å². The van der Waals surface area contributed by atoms with Gasteiger partial charge in [0.05, 0.1) is 5.56 Å². The van der Waals surface area contributed by atoms with Crippen molar-refractivity contribution in [2.75, 3.05) is 13.2 Å². The summed E-state index contributed by atoms with van der Waals surface area (Å²) in [6.45, 7) is 0.795. The van der Waals surface area contributed by atoms with Gasteiger partial charge in [0.15, 0.2) is 6.29 Å². The minimum absolute atomic E-state index is 0.375. The summed E-state index contributed by atoms with van der Waals surface area (Å²) < 4.78 is 11.3. The van der Waals surface area contributed by atoms with Crippen LogP contribution in [0.4, 0.5) is 0 Å². The standard InChI is InChI=1S/C21H18O3/c22-16-19-15-18(17-7-3-1-4-8-17)11-12-21(19)24-14-13-23-20-9-5-2-6-10-20/h1-12,15-16H,13-14H2. The summed E-state index contributed by atoms with van der Waals surface area (Å²) in [5, 5.41) is 0. The van der Waals surface area contributed by atoms with Crippen molar-refractivity contribution < 1.29 is 14.3 Å². The van der Waals surface area contributed by atoms with Gasteiger partial charge in [-0.15, -0.1) is 0 Å². The van der Waals surface area contributed by atoms with E-state index in [-0.39, 0.29) is 0 Å². The molecule has 3 aromatic carbocycles. The second-order valence-corrected chi connectivity index (χ2v) is 5.25. The third-order valence-electron chi connectivity index (χ3n) is 3.60. The van der Waals surface area contributed by atoms with Crippen LogP contribution in [0, 0.1) is 0 Å². The maximum Gasteiger partial charge on any atom is 0.153 e. The third-order valence-corrected chi connectivity index (χ3v) is 3.60. The second-order valence-electron chi connectivity index (χ2n) is 5.25. The Balaban J connectivity index is 1.62. The molecule has 0 spiro atoms. The SMILES string of the molecule is O=Cc1cc(-c2ccccc2)ccc1OCCOc1ccccc1. The highest BCUT2D eigenvalue weighted by molar-refractivity contribution is 5.83. The van der Waals surface area contributed by atoms with Crippen LogP contribution < -0.4 is 9.47 Å². The Morgan fingerprint density at radius 1 is 0.708 bits per heavy atom. The Kier molecular flexibility index (Phi) is 5.25. The Labute approximate surface area is 141 Å². The van der Waals surface area contributed by atoms with Crippen LogP contribution in [0.5, 0.6) is 11.5 Å². The highest BCUT2D eigenvalue weighted by Gasteiger charge is 2.06. The van der Waals surface area contributed by atoms with Gasteiger partial charge in [-0.05, 0) is 35.4 Å². The molecule has 0 heterocycles. The molecule has 3 heteroatoms. The first-order valence-corrected chi connectivity index (χ1v) is 7.82. The van der Waals surface area contributed by atoms with Crippen molar-refractivity contribution >= 4 is 6.29 Å². The molecule has 0 fully saturated rings. The van der Waals surface area contributed by atoms with E-state index in [1.54, 1.807) is 0 Å². The lowest BCUT2D eigenvalue weighted by Crippen LogP contribution is -2.09. The number of carbonyl (C=O) groups excluding carboxylic acids is 1. The zero-order chi connectivity index (χ0) is 16.6. The molecule has 0 aromatic heterocycles. The zero-order valence-corrected chi connectivity index (χ0v) is 13.2. The van der Waals surface area contributed by atoms with E-state index in [0.717, 1.165) is 23.2 Å². The predicted octanol–water partition coefficient (Wildman–Crippen LogP) is 4.62. The lowest BCUT2D eigenvalue weighted by molar-refractivity contribution is 0.111. The van der Waals surface area contributed by atoms with Crippen molar-refractivity contribution in [1.82, 2.24) is 0 Å². The van der Waals surface area contributed by atoms with Crippen molar-refractivity contribution in [1.29, 1.82) is 0 Å². The molecule has 3 rings (SSSR count). The number of aldehydes is 1. The molecule has 0 aliphatic heterocycles. The van der Waals surface area contributed by atoms with Gasteiger partial charge >= 0.3 is 0 Å². The van der Waals surface area contributed by atoms with E-state index >= 15 is 0 Å². The lowest BCUT2D eigenvalue weighted by atomic mass is 10.0. The van der Waals surface area contributed by atoms with Crippen LogP contribution in [0.3, 0.4) is 0 Å². The van der Waals surface area contributed by atoms with Crippen LogP contribution in [0.25, 0.3) is 11.1 Å². The Hall–Kier alpha value is -3.07. The summed E-state index contributed by atoms with van der Waals surface area (Å²) in [6.07, 6.45) is 0.819. The quantitative estimate of drug-likeness (QED) is 0.471. The first-order chi connectivity index (χ1) is 11.9. The number of para-hydroxylation sites is 1. The normalized spacial score (nSPS) is 10.2. The van der Waals surface area contributed by atoms with Gasteiger partial charge in [-0.25, -0.2) is 0 Å². The lowest BCUT2D eigenvalue weighted by Gasteiger charge is -2.11. The molecular formula is C21H18O3. The molecule has 0 aliphatic carbocycles. The molecule has 0 amide bonds. The number of benzene rings is 3. The average molecular weight is 318 g/mol. The van der Waals surface area contributed by atoms with Gasteiger partial charge < -0.3 is 9.47 Å². The van der Waals surface area contributed by atoms with Crippen molar-refractivity contribution in [3.05, 3.63) is 84.4 Å². The van der Waals surface area contributed by atoms with Crippen LogP contribution in [-0.4, -0.2) is 19.5 Å². The fourth-order valence-corrected chi connectivity index (χ4v) is 2.41. The summed E-state index contributed by atoms with van der Waals surface area (Å²) in [5.41, 5.74) is 2.60. The van der Waals surface area contributed by atoms with Crippen LogP contribution in [0.1, 0.15) is 10.4 Å². The van der Waals surface area contributed by atoms with Crippen LogP contribution in [-0.2, 0) is 0 Å². The largest absolute Gasteiger partial charge is 0.490 e. The number of rotatable bonds is 7. The zero-order valence-electron chi connectivity index (χ0n) is 13.2. The number of carbonyl (C=O) groups is 1. The molecule has 0 unspecified atom stereocenters. The highest BCUT2D eigenvalue weighted by atomic mass is 16.5. The third kappa shape index (κ3) is 4.02.